The molecule has 0 amide bonds. The van der Waals surface area contributed by atoms with Crippen LogP contribution in [0.5, 0.6) is 11.5 Å². The normalized spacial score (nSPS) is 45.3. The van der Waals surface area contributed by atoms with Crippen molar-refractivity contribution in [2.24, 2.45) is 35.5 Å². The highest BCUT2D eigenvalue weighted by Crippen LogP contribution is 2.64. The summed E-state index contributed by atoms with van der Waals surface area (Å²) < 4.78 is 24.5. The van der Waals surface area contributed by atoms with Gasteiger partial charge in [-0.25, -0.2) is 0 Å². The second-order valence-corrected chi connectivity index (χ2v) is 15.9. The van der Waals surface area contributed by atoms with Gasteiger partial charge in [-0.3, -0.25) is 0 Å². The smallest absolute Gasteiger partial charge is 0.130 e. The van der Waals surface area contributed by atoms with Crippen LogP contribution in [-0.4, -0.2) is 38.6 Å². The zero-order valence-corrected chi connectivity index (χ0v) is 23.9. The van der Waals surface area contributed by atoms with Crippen LogP contribution in [0.15, 0.2) is 24.3 Å². The Morgan fingerprint density at radius 2 is 1.05 bits per heavy atom. The Hall–Kier alpha value is -1.78. The lowest BCUT2D eigenvalue weighted by Crippen LogP contribution is -2.49. The zero-order chi connectivity index (χ0) is 26.1. The molecule has 12 rings (SSSR count). The summed E-state index contributed by atoms with van der Waals surface area (Å²) in [7, 11) is 0. The first kappa shape index (κ1) is 23.7. The van der Waals surface area contributed by atoms with Gasteiger partial charge in [-0.15, -0.1) is 0 Å². The van der Waals surface area contributed by atoms with Crippen molar-refractivity contribution in [1.29, 1.82) is 0 Å². The predicted molar refractivity (Wildman–Crippen MR) is 154 cm³/mol. The van der Waals surface area contributed by atoms with Crippen molar-refractivity contribution in [1.82, 2.24) is 0 Å². The predicted octanol–water partition coefficient (Wildman–Crippen LogP) is 7.33. The summed E-state index contributed by atoms with van der Waals surface area (Å²) in [5.41, 5.74) is 3.77. The standard InChI is InChI=1S/C36H44O4/c1-2-30-31(9-27(1)35-11-21-3-22(12-35)5-23(4-21)13-35)32(39-19-28-17-37-28)10-33(40-20-29-18-38-29)34(30)36-14-24-6-25(15-36)8-26(7-24)16-36/h1-2,9-10,21-26,28-29H,3-8,11-20H2. The Balaban J connectivity index is 1.14. The first-order valence-electron chi connectivity index (χ1n) is 16.7. The van der Waals surface area contributed by atoms with Crippen molar-refractivity contribution in [3.05, 3.63) is 35.4 Å². The highest BCUT2D eigenvalue weighted by Gasteiger charge is 2.54. The summed E-state index contributed by atoms with van der Waals surface area (Å²) in [6.45, 7) is 2.95. The van der Waals surface area contributed by atoms with E-state index >= 15 is 0 Å². The number of rotatable bonds is 8. The van der Waals surface area contributed by atoms with E-state index in [4.69, 9.17) is 18.9 Å². The molecular formula is C36H44O4. The number of ether oxygens (including phenoxy) is 4. The molecule has 2 aromatic carbocycles. The molecule has 2 heterocycles. The van der Waals surface area contributed by atoms with Gasteiger partial charge in [0.1, 0.15) is 36.9 Å². The Morgan fingerprint density at radius 1 is 0.575 bits per heavy atom. The molecule has 8 bridgehead atoms. The summed E-state index contributed by atoms with van der Waals surface area (Å²) in [6, 6.07) is 9.98. The van der Waals surface area contributed by atoms with Crippen molar-refractivity contribution >= 4 is 10.8 Å². The molecule has 8 aliphatic carbocycles. The number of epoxide rings is 2. The van der Waals surface area contributed by atoms with Crippen molar-refractivity contribution < 1.29 is 18.9 Å². The Bertz CT molecular complexity index is 1280. The summed E-state index contributed by atoms with van der Waals surface area (Å²) in [5.74, 6) is 7.64. The van der Waals surface area contributed by atoms with E-state index < -0.39 is 0 Å². The molecule has 2 saturated heterocycles. The number of hydrogen-bond donors (Lipinski definition) is 0. The van der Waals surface area contributed by atoms with Crippen LogP contribution in [0.2, 0.25) is 0 Å². The molecule has 0 N–H and O–H groups in total. The molecule has 0 aromatic heterocycles. The maximum absolute atomic E-state index is 6.72. The second-order valence-electron chi connectivity index (χ2n) is 15.9. The highest BCUT2D eigenvalue weighted by atomic mass is 16.6. The SMILES string of the molecule is c1cc2c(C34CC5CC(CC(C5)C3)C4)c(OCC3CO3)cc(OCC3CO3)c2cc1C12CC3CC(CC(C3)C1)C2. The average Bonchev–Trinajstić information content (AvgIpc) is 3.84. The van der Waals surface area contributed by atoms with E-state index in [9.17, 15) is 0 Å². The third kappa shape index (κ3) is 3.77. The lowest BCUT2D eigenvalue weighted by atomic mass is 9.47. The van der Waals surface area contributed by atoms with Gasteiger partial charge in [0.25, 0.3) is 0 Å². The molecule has 2 unspecified atom stereocenters. The van der Waals surface area contributed by atoms with Gasteiger partial charge in [-0.05, 0) is 135 Å². The lowest BCUT2D eigenvalue weighted by molar-refractivity contribution is -0.00578. The van der Waals surface area contributed by atoms with Gasteiger partial charge in [0, 0.05) is 22.4 Å². The fraction of sp³-hybridized carbons (Fsp3) is 0.722. The fourth-order valence-electron chi connectivity index (χ4n) is 12.1. The van der Waals surface area contributed by atoms with Gasteiger partial charge >= 0.3 is 0 Å². The van der Waals surface area contributed by atoms with Crippen LogP contribution in [0, 0.1) is 35.5 Å². The minimum Gasteiger partial charge on any atom is -0.490 e. The maximum atomic E-state index is 6.72. The third-order valence-corrected chi connectivity index (χ3v) is 12.9. The topological polar surface area (TPSA) is 43.5 Å². The van der Waals surface area contributed by atoms with Crippen LogP contribution in [0.1, 0.15) is 88.2 Å². The molecule has 8 saturated carbocycles. The van der Waals surface area contributed by atoms with Crippen molar-refractivity contribution in [2.75, 3.05) is 26.4 Å². The quantitative estimate of drug-likeness (QED) is 0.329. The lowest BCUT2D eigenvalue weighted by Gasteiger charge is -2.57. The van der Waals surface area contributed by atoms with Crippen molar-refractivity contribution in [3.8, 4) is 11.5 Å². The molecule has 2 aliphatic heterocycles. The van der Waals surface area contributed by atoms with Crippen LogP contribution >= 0.6 is 0 Å². The minimum atomic E-state index is 0.244. The Kier molecular flexibility index (Phi) is 4.99. The second kappa shape index (κ2) is 8.40. The molecular weight excluding hydrogens is 496 g/mol. The largest absolute Gasteiger partial charge is 0.490 e. The molecule has 212 valence electrons. The van der Waals surface area contributed by atoms with Gasteiger partial charge in [0.2, 0.25) is 0 Å². The summed E-state index contributed by atoms with van der Waals surface area (Å²) in [6.07, 6.45) is 17.6. The van der Waals surface area contributed by atoms with Crippen molar-refractivity contribution in [2.45, 2.75) is 100 Å². The van der Waals surface area contributed by atoms with Gasteiger partial charge in [0.15, 0.2) is 0 Å². The van der Waals surface area contributed by atoms with E-state index in [0.717, 1.165) is 60.2 Å². The monoisotopic (exact) mass is 540 g/mol. The van der Waals surface area contributed by atoms with E-state index in [1.807, 2.05) is 0 Å². The Labute approximate surface area is 238 Å². The first-order valence-corrected chi connectivity index (χ1v) is 16.7. The van der Waals surface area contributed by atoms with E-state index in [-0.39, 0.29) is 17.6 Å². The zero-order valence-electron chi connectivity index (χ0n) is 23.9. The molecule has 10 aliphatic rings. The van der Waals surface area contributed by atoms with Gasteiger partial charge in [-0.1, -0.05) is 12.1 Å². The fourth-order valence-corrected chi connectivity index (χ4v) is 12.1. The number of benzene rings is 2. The maximum Gasteiger partial charge on any atom is 0.130 e. The summed E-state index contributed by atoms with van der Waals surface area (Å²) >= 11 is 0. The van der Waals surface area contributed by atoms with Crippen LogP contribution in [0.3, 0.4) is 0 Å². The molecule has 40 heavy (non-hydrogen) atoms. The minimum absolute atomic E-state index is 0.244. The van der Waals surface area contributed by atoms with E-state index in [0.29, 0.717) is 18.6 Å². The molecule has 0 spiro atoms. The Morgan fingerprint density at radius 3 is 1.55 bits per heavy atom. The van der Waals surface area contributed by atoms with Crippen LogP contribution in [-0.2, 0) is 20.3 Å². The molecule has 2 aromatic rings. The van der Waals surface area contributed by atoms with Gasteiger partial charge in [0.05, 0.1) is 13.2 Å². The summed E-state index contributed by atoms with van der Waals surface area (Å²) in [5, 5.41) is 2.76. The molecule has 10 fully saturated rings. The van der Waals surface area contributed by atoms with Crippen LogP contribution in [0.4, 0.5) is 0 Å². The third-order valence-electron chi connectivity index (χ3n) is 12.9. The first-order chi connectivity index (χ1) is 19.6. The van der Waals surface area contributed by atoms with Gasteiger partial charge < -0.3 is 18.9 Å². The van der Waals surface area contributed by atoms with E-state index in [1.165, 1.54) is 93.4 Å². The average molecular weight is 541 g/mol. The van der Waals surface area contributed by atoms with Crippen LogP contribution in [0.25, 0.3) is 10.8 Å². The van der Waals surface area contributed by atoms with E-state index in [1.54, 1.807) is 5.56 Å². The molecule has 4 nitrogen and oxygen atoms in total. The summed E-state index contributed by atoms with van der Waals surface area (Å²) in [4.78, 5) is 0. The van der Waals surface area contributed by atoms with Crippen molar-refractivity contribution in [3.63, 3.8) is 0 Å². The molecule has 0 radical (unpaired) electrons. The van der Waals surface area contributed by atoms with E-state index in [2.05, 4.69) is 24.3 Å². The molecule has 4 heteroatoms. The number of fused-ring (bicyclic) bond motifs is 1. The molecule has 2 atom stereocenters. The van der Waals surface area contributed by atoms with Crippen LogP contribution < -0.4 is 9.47 Å². The van der Waals surface area contributed by atoms with Gasteiger partial charge in [-0.2, -0.15) is 0 Å². The highest BCUT2D eigenvalue weighted by molar-refractivity contribution is 5.95. The number of hydrogen-bond acceptors (Lipinski definition) is 4.